The molecule has 2 unspecified atom stereocenters. The normalized spacial score (nSPS) is 13.8. The maximum Gasteiger partial charge on any atom is 0.227 e. The Labute approximate surface area is 137 Å². The molecule has 3 nitrogen and oxygen atoms in total. The summed E-state index contributed by atoms with van der Waals surface area (Å²) in [5.74, 6) is 0.225. The zero-order chi connectivity index (χ0) is 15.8. The highest BCUT2D eigenvalue weighted by molar-refractivity contribution is 9.10. The van der Waals surface area contributed by atoms with E-state index in [1.807, 2.05) is 30.0 Å². The summed E-state index contributed by atoms with van der Waals surface area (Å²) in [6, 6.07) is 8.22. The molecule has 4 heteroatoms. The molecule has 0 spiro atoms. The summed E-state index contributed by atoms with van der Waals surface area (Å²) < 4.78 is 1.06. The summed E-state index contributed by atoms with van der Waals surface area (Å²) in [5.41, 5.74) is 1.16. The maximum atomic E-state index is 12.7. The molecule has 0 saturated carbocycles. The summed E-state index contributed by atoms with van der Waals surface area (Å²) in [5, 5.41) is 3.26. The largest absolute Gasteiger partial charge is 0.336 e. The Morgan fingerprint density at radius 1 is 1.29 bits per heavy atom. The van der Waals surface area contributed by atoms with Gasteiger partial charge >= 0.3 is 0 Å². The summed E-state index contributed by atoms with van der Waals surface area (Å²) >= 11 is 3.59. The molecule has 1 N–H and O–H groups in total. The Balaban J connectivity index is 2.90. The highest BCUT2D eigenvalue weighted by atomic mass is 79.9. The zero-order valence-corrected chi connectivity index (χ0v) is 15.1. The van der Waals surface area contributed by atoms with Crippen LogP contribution in [0.1, 0.15) is 45.7 Å². The highest BCUT2D eigenvalue weighted by Gasteiger charge is 2.25. The van der Waals surface area contributed by atoms with Crippen LogP contribution in [0.4, 0.5) is 0 Å². The number of amides is 1. The third-order valence-electron chi connectivity index (χ3n) is 3.69. The van der Waals surface area contributed by atoms with Gasteiger partial charge in [-0.1, -0.05) is 54.9 Å². The Morgan fingerprint density at radius 2 is 1.95 bits per heavy atom. The van der Waals surface area contributed by atoms with Crippen molar-refractivity contribution in [3.05, 3.63) is 34.3 Å². The van der Waals surface area contributed by atoms with E-state index >= 15 is 0 Å². The van der Waals surface area contributed by atoms with Crippen molar-refractivity contribution in [2.24, 2.45) is 5.92 Å². The van der Waals surface area contributed by atoms with Gasteiger partial charge in [0, 0.05) is 23.5 Å². The molecule has 0 aliphatic heterocycles. The molecule has 0 aliphatic rings. The van der Waals surface area contributed by atoms with Crippen molar-refractivity contribution in [2.45, 2.75) is 40.2 Å². The smallest absolute Gasteiger partial charge is 0.227 e. The molecular formula is C17H27BrN2O. The van der Waals surface area contributed by atoms with Gasteiger partial charge in [0.05, 0.1) is 6.04 Å². The van der Waals surface area contributed by atoms with E-state index in [0.717, 1.165) is 36.1 Å². The fourth-order valence-electron chi connectivity index (χ4n) is 2.45. The van der Waals surface area contributed by atoms with Gasteiger partial charge < -0.3 is 10.2 Å². The molecule has 0 fully saturated rings. The number of halogens is 1. The van der Waals surface area contributed by atoms with Crippen molar-refractivity contribution in [1.29, 1.82) is 0 Å². The molecule has 1 amide bonds. The Hall–Kier alpha value is -0.870. The summed E-state index contributed by atoms with van der Waals surface area (Å²) in [6.07, 6.45) is 0.967. The van der Waals surface area contributed by atoms with Crippen molar-refractivity contribution in [1.82, 2.24) is 10.2 Å². The van der Waals surface area contributed by atoms with Crippen molar-refractivity contribution in [2.75, 3.05) is 19.6 Å². The second kappa shape index (κ2) is 9.21. The first-order valence-electron chi connectivity index (χ1n) is 7.78. The molecule has 0 saturated heterocycles. The second-order valence-corrected chi connectivity index (χ2v) is 6.29. The molecule has 21 heavy (non-hydrogen) atoms. The number of hydrogen-bond acceptors (Lipinski definition) is 2. The number of nitrogens with one attached hydrogen (secondary N) is 1. The van der Waals surface area contributed by atoms with Crippen LogP contribution in [0.3, 0.4) is 0 Å². The molecule has 0 bridgehead atoms. The molecule has 1 aromatic rings. The molecule has 2 atom stereocenters. The molecule has 0 aromatic heterocycles. The van der Waals surface area contributed by atoms with Gasteiger partial charge in [0.1, 0.15) is 0 Å². The number of hydrogen-bond donors (Lipinski definition) is 1. The molecule has 0 radical (unpaired) electrons. The van der Waals surface area contributed by atoms with Crippen molar-refractivity contribution < 1.29 is 4.79 Å². The SMILES string of the molecule is CCCN(C(=O)C(C)CNCC)C(C)c1ccccc1Br. The monoisotopic (exact) mass is 354 g/mol. The Morgan fingerprint density at radius 3 is 2.52 bits per heavy atom. The van der Waals surface area contributed by atoms with Crippen LogP contribution in [0.15, 0.2) is 28.7 Å². The van der Waals surface area contributed by atoms with Gasteiger partial charge in [-0.3, -0.25) is 4.79 Å². The third kappa shape index (κ3) is 5.11. The van der Waals surface area contributed by atoms with Gasteiger partial charge in [-0.25, -0.2) is 0 Å². The quantitative estimate of drug-likeness (QED) is 0.765. The predicted octanol–water partition coefficient (Wildman–Crippen LogP) is 3.99. The average Bonchev–Trinajstić information content (AvgIpc) is 2.49. The highest BCUT2D eigenvalue weighted by Crippen LogP contribution is 2.28. The van der Waals surface area contributed by atoms with Gasteiger partial charge in [-0.15, -0.1) is 0 Å². The lowest BCUT2D eigenvalue weighted by atomic mass is 10.0. The van der Waals surface area contributed by atoms with Crippen LogP contribution in [0, 0.1) is 5.92 Å². The van der Waals surface area contributed by atoms with Gasteiger partial charge in [0.25, 0.3) is 0 Å². The fourth-order valence-corrected chi connectivity index (χ4v) is 3.06. The first kappa shape index (κ1) is 18.2. The number of nitrogens with zero attached hydrogens (tertiary/aromatic N) is 1. The average molecular weight is 355 g/mol. The maximum absolute atomic E-state index is 12.7. The molecule has 1 rings (SSSR count). The van der Waals surface area contributed by atoms with Crippen molar-refractivity contribution in [3.8, 4) is 0 Å². The lowest BCUT2D eigenvalue weighted by Crippen LogP contribution is -2.41. The lowest BCUT2D eigenvalue weighted by Gasteiger charge is -2.32. The van der Waals surface area contributed by atoms with Gasteiger partial charge in [0.2, 0.25) is 5.91 Å². The number of rotatable bonds is 8. The molecule has 1 aromatic carbocycles. The lowest BCUT2D eigenvalue weighted by molar-refractivity contribution is -0.137. The van der Waals surface area contributed by atoms with E-state index in [4.69, 9.17) is 0 Å². The van der Waals surface area contributed by atoms with Crippen LogP contribution in [0.2, 0.25) is 0 Å². The van der Waals surface area contributed by atoms with E-state index in [2.05, 4.69) is 48.1 Å². The topological polar surface area (TPSA) is 32.3 Å². The minimum absolute atomic E-state index is 0.00133. The van der Waals surface area contributed by atoms with E-state index in [1.165, 1.54) is 0 Å². The Bertz CT molecular complexity index is 450. The summed E-state index contributed by atoms with van der Waals surface area (Å²) in [4.78, 5) is 14.7. The minimum atomic E-state index is 0.00133. The predicted molar refractivity (Wildman–Crippen MR) is 92.3 cm³/mol. The first-order chi connectivity index (χ1) is 10.0. The van der Waals surface area contributed by atoms with Crippen LogP contribution in [-0.4, -0.2) is 30.4 Å². The van der Waals surface area contributed by atoms with E-state index in [0.29, 0.717) is 0 Å². The van der Waals surface area contributed by atoms with Crippen molar-refractivity contribution >= 4 is 21.8 Å². The zero-order valence-electron chi connectivity index (χ0n) is 13.5. The van der Waals surface area contributed by atoms with E-state index in [1.54, 1.807) is 0 Å². The number of carbonyl (C=O) groups excluding carboxylic acids is 1. The third-order valence-corrected chi connectivity index (χ3v) is 4.41. The molecule has 0 heterocycles. The Kier molecular flexibility index (Phi) is 7.97. The van der Waals surface area contributed by atoms with Gasteiger partial charge in [0.15, 0.2) is 0 Å². The number of carbonyl (C=O) groups is 1. The number of benzene rings is 1. The van der Waals surface area contributed by atoms with Crippen LogP contribution in [0.5, 0.6) is 0 Å². The first-order valence-corrected chi connectivity index (χ1v) is 8.57. The van der Waals surface area contributed by atoms with Gasteiger partial charge in [-0.2, -0.15) is 0 Å². The minimum Gasteiger partial charge on any atom is -0.336 e. The molecule has 118 valence electrons. The van der Waals surface area contributed by atoms with Crippen LogP contribution < -0.4 is 5.32 Å². The second-order valence-electron chi connectivity index (χ2n) is 5.44. The van der Waals surface area contributed by atoms with E-state index in [9.17, 15) is 4.79 Å². The summed E-state index contributed by atoms with van der Waals surface area (Å²) in [7, 11) is 0. The van der Waals surface area contributed by atoms with Gasteiger partial charge in [-0.05, 0) is 31.5 Å². The fraction of sp³-hybridized carbons (Fsp3) is 0.588. The molecular weight excluding hydrogens is 328 g/mol. The van der Waals surface area contributed by atoms with Crippen LogP contribution in [-0.2, 0) is 4.79 Å². The van der Waals surface area contributed by atoms with E-state index in [-0.39, 0.29) is 17.9 Å². The standard InChI is InChI=1S/C17H27BrN2O/c1-5-11-20(17(21)13(3)12-19-6-2)14(4)15-9-7-8-10-16(15)18/h7-10,13-14,19H,5-6,11-12H2,1-4H3. The van der Waals surface area contributed by atoms with Crippen molar-refractivity contribution in [3.63, 3.8) is 0 Å². The summed E-state index contributed by atoms with van der Waals surface area (Å²) in [6.45, 7) is 10.7. The van der Waals surface area contributed by atoms with E-state index < -0.39 is 0 Å². The van der Waals surface area contributed by atoms with Crippen LogP contribution in [0.25, 0.3) is 0 Å². The van der Waals surface area contributed by atoms with Crippen LogP contribution >= 0.6 is 15.9 Å². The molecule has 0 aliphatic carbocycles.